The monoisotopic (exact) mass is 312 g/mol. The van der Waals surface area contributed by atoms with Gasteiger partial charge in [0.05, 0.1) is 11.2 Å². The number of benzene rings is 1. The molecule has 1 aliphatic carbocycles. The second-order valence-electron chi connectivity index (χ2n) is 6.43. The highest BCUT2D eigenvalue weighted by molar-refractivity contribution is 5.35. The van der Waals surface area contributed by atoms with Crippen molar-refractivity contribution in [2.45, 2.75) is 43.9 Å². The van der Waals surface area contributed by atoms with Crippen LogP contribution < -0.4 is 5.32 Å². The number of aliphatic hydroxyl groups is 1. The first-order valence-corrected chi connectivity index (χ1v) is 7.84. The van der Waals surface area contributed by atoms with Crippen LogP contribution in [0.2, 0.25) is 0 Å². The van der Waals surface area contributed by atoms with Gasteiger partial charge in [0.1, 0.15) is 0 Å². The Balaban J connectivity index is 1.78. The third kappa shape index (κ3) is 3.01. The van der Waals surface area contributed by atoms with E-state index < -0.39 is 17.3 Å². The van der Waals surface area contributed by atoms with Gasteiger partial charge in [-0.05, 0) is 62.1 Å². The van der Waals surface area contributed by atoms with E-state index in [0.29, 0.717) is 18.8 Å². The second-order valence-corrected chi connectivity index (χ2v) is 6.43. The summed E-state index contributed by atoms with van der Waals surface area (Å²) in [5.41, 5.74) is -2.02. The molecule has 0 unspecified atom stereocenters. The van der Waals surface area contributed by atoms with Gasteiger partial charge in [-0.25, -0.2) is 0 Å². The summed E-state index contributed by atoms with van der Waals surface area (Å²) in [4.78, 5) is 0. The Morgan fingerprint density at radius 1 is 1.14 bits per heavy atom. The van der Waals surface area contributed by atoms with Crippen molar-refractivity contribution >= 4 is 0 Å². The molecule has 1 radical (unpaired) electrons. The number of nitrogens with one attached hydrogen (secondary N) is 1. The summed E-state index contributed by atoms with van der Waals surface area (Å²) in [6.45, 7) is 1.91. The average molecular weight is 312 g/mol. The molecule has 121 valence electrons. The van der Waals surface area contributed by atoms with Gasteiger partial charge in [0, 0.05) is 6.54 Å². The zero-order valence-corrected chi connectivity index (χ0v) is 12.4. The van der Waals surface area contributed by atoms with Gasteiger partial charge in [0.15, 0.2) is 0 Å². The van der Waals surface area contributed by atoms with Crippen LogP contribution in [-0.4, -0.2) is 18.2 Å². The number of hydrogen-bond donors (Lipinski definition) is 2. The summed E-state index contributed by atoms with van der Waals surface area (Å²) in [7, 11) is 0. The van der Waals surface area contributed by atoms with Crippen molar-refractivity contribution < 1.29 is 18.3 Å². The number of halogens is 3. The molecule has 1 aliphatic heterocycles. The molecule has 22 heavy (non-hydrogen) atoms. The highest BCUT2D eigenvalue weighted by atomic mass is 19.4. The van der Waals surface area contributed by atoms with Crippen LogP contribution in [0.3, 0.4) is 0 Å². The number of alkyl halides is 3. The molecular weight excluding hydrogens is 291 g/mol. The Morgan fingerprint density at radius 3 is 2.41 bits per heavy atom. The topological polar surface area (TPSA) is 32.3 Å². The fraction of sp³-hybridized carbons (Fsp3) is 0.588. The minimum absolute atomic E-state index is 0.0375. The van der Waals surface area contributed by atoms with Gasteiger partial charge in [-0.15, -0.1) is 0 Å². The van der Waals surface area contributed by atoms with Crippen molar-refractivity contribution in [1.82, 2.24) is 5.32 Å². The molecule has 1 heterocycles. The molecule has 1 saturated heterocycles. The van der Waals surface area contributed by atoms with Crippen LogP contribution in [0, 0.1) is 11.8 Å². The average Bonchev–Trinajstić information content (AvgIpc) is 3.01. The molecule has 2 fully saturated rings. The summed E-state index contributed by atoms with van der Waals surface area (Å²) >= 11 is 0. The molecule has 0 amide bonds. The maximum absolute atomic E-state index is 13.2. The van der Waals surface area contributed by atoms with Gasteiger partial charge in [0.2, 0.25) is 0 Å². The summed E-state index contributed by atoms with van der Waals surface area (Å²) in [6.07, 6.45) is -1.04. The van der Waals surface area contributed by atoms with Gasteiger partial charge in [-0.2, -0.15) is 13.2 Å². The lowest BCUT2D eigenvalue weighted by Crippen LogP contribution is -2.35. The second kappa shape index (κ2) is 5.85. The van der Waals surface area contributed by atoms with Crippen molar-refractivity contribution in [2.75, 3.05) is 13.1 Å². The fourth-order valence-electron chi connectivity index (χ4n) is 3.84. The number of hydrogen-bond acceptors (Lipinski definition) is 2. The Morgan fingerprint density at radius 2 is 1.82 bits per heavy atom. The van der Waals surface area contributed by atoms with E-state index in [0.717, 1.165) is 38.4 Å². The lowest BCUT2D eigenvalue weighted by Gasteiger charge is -2.39. The minimum atomic E-state index is -4.42. The van der Waals surface area contributed by atoms with Gasteiger partial charge in [0.25, 0.3) is 0 Å². The summed E-state index contributed by atoms with van der Waals surface area (Å²) in [5, 5.41) is 14.1. The molecule has 2 nitrogen and oxygen atoms in total. The predicted molar refractivity (Wildman–Crippen MR) is 78.0 cm³/mol. The number of rotatable bonds is 2. The van der Waals surface area contributed by atoms with Crippen LogP contribution in [0.25, 0.3) is 0 Å². The van der Waals surface area contributed by atoms with Crippen molar-refractivity contribution in [1.29, 1.82) is 0 Å². The first-order chi connectivity index (χ1) is 10.4. The van der Waals surface area contributed by atoms with E-state index in [9.17, 15) is 18.3 Å². The molecule has 0 bridgehead atoms. The summed E-state index contributed by atoms with van der Waals surface area (Å²) in [5.74, 6) is 1.90. The van der Waals surface area contributed by atoms with E-state index in [4.69, 9.17) is 0 Å². The van der Waals surface area contributed by atoms with E-state index in [2.05, 4.69) is 5.32 Å². The molecule has 1 saturated carbocycles. The largest absolute Gasteiger partial charge is 0.416 e. The van der Waals surface area contributed by atoms with Gasteiger partial charge in [-0.3, -0.25) is 0 Å². The van der Waals surface area contributed by atoms with Crippen LogP contribution in [0.4, 0.5) is 13.2 Å². The standard InChI is InChI=1S/C17H21F3NO/c18-17(19,20)15-4-2-1-3-14(15)16(22)8-5-12(6-9-16)13-7-10-21-11-13/h1-4,12,21-22H,5-11H2. The summed E-state index contributed by atoms with van der Waals surface area (Å²) in [6, 6.07) is 5.44. The minimum Gasteiger partial charge on any atom is -0.385 e. The van der Waals surface area contributed by atoms with Crippen molar-refractivity contribution in [3.8, 4) is 0 Å². The maximum atomic E-state index is 13.2. The van der Waals surface area contributed by atoms with E-state index in [1.54, 1.807) is 6.07 Å². The van der Waals surface area contributed by atoms with Gasteiger partial charge < -0.3 is 10.4 Å². The molecule has 2 N–H and O–H groups in total. The highest BCUT2D eigenvalue weighted by Gasteiger charge is 2.43. The lowest BCUT2D eigenvalue weighted by atomic mass is 9.70. The molecule has 1 aromatic rings. The van der Waals surface area contributed by atoms with Gasteiger partial charge >= 0.3 is 6.18 Å². The van der Waals surface area contributed by atoms with E-state index >= 15 is 0 Å². The van der Waals surface area contributed by atoms with Crippen molar-refractivity contribution in [3.63, 3.8) is 0 Å². The smallest absolute Gasteiger partial charge is 0.385 e. The van der Waals surface area contributed by atoms with Crippen molar-refractivity contribution in [2.24, 2.45) is 5.92 Å². The lowest BCUT2D eigenvalue weighted by molar-refractivity contribution is -0.141. The van der Waals surface area contributed by atoms with Crippen LogP contribution in [0.15, 0.2) is 24.3 Å². The van der Waals surface area contributed by atoms with E-state index in [-0.39, 0.29) is 5.56 Å². The molecule has 0 atom stereocenters. The third-order valence-corrected chi connectivity index (χ3v) is 5.10. The first kappa shape index (κ1) is 15.8. The van der Waals surface area contributed by atoms with Crippen LogP contribution in [0.5, 0.6) is 0 Å². The van der Waals surface area contributed by atoms with E-state index in [1.807, 2.05) is 0 Å². The molecule has 0 aromatic heterocycles. The van der Waals surface area contributed by atoms with Crippen LogP contribution in [-0.2, 0) is 11.8 Å². The summed E-state index contributed by atoms with van der Waals surface area (Å²) < 4.78 is 39.5. The van der Waals surface area contributed by atoms with Crippen LogP contribution >= 0.6 is 0 Å². The zero-order chi connectivity index (χ0) is 15.8. The Kier molecular flexibility index (Phi) is 4.21. The van der Waals surface area contributed by atoms with Crippen molar-refractivity contribution in [3.05, 3.63) is 41.3 Å². The van der Waals surface area contributed by atoms with Gasteiger partial charge in [-0.1, -0.05) is 18.2 Å². The molecule has 3 rings (SSSR count). The normalized spacial score (nSPS) is 30.6. The first-order valence-electron chi connectivity index (χ1n) is 7.84. The Hall–Kier alpha value is -1.07. The molecular formula is C17H21F3NO. The molecule has 2 aliphatic rings. The van der Waals surface area contributed by atoms with E-state index in [1.165, 1.54) is 18.1 Å². The predicted octanol–water partition coefficient (Wildman–Crippen LogP) is 3.65. The third-order valence-electron chi connectivity index (χ3n) is 5.10. The fourth-order valence-corrected chi connectivity index (χ4v) is 3.84. The SMILES string of the molecule is OC1(c2ccccc2C(F)(F)F)CCC([C]2CCNC2)CC1. The maximum Gasteiger partial charge on any atom is 0.416 e. The quantitative estimate of drug-likeness (QED) is 0.873. The Bertz CT molecular complexity index is 515. The molecule has 5 heteroatoms. The zero-order valence-electron chi connectivity index (χ0n) is 12.4. The Labute approximate surface area is 128 Å². The molecule has 0 spiro atoms. The van der Waals surface area contributed by atoms with Crippen LogP contribution in [0.1, 0.15) is 43.2 Å². The molecule has 1 aromatic carbocycles. The highest BCUT2D eigenvalue weighted by Crippen LogP contribution is 2.46.